The minimum Gasteiger partial charge on any atom is -0.504 e. The topological polar surface area (TPSA) is 44.7 Å². The van der Waals surface area contributed by atoms with E-state index in [4.69, 9.17) is 4.74 Å². The van der Waals surface area contributed by atoms with Crippen molar-refractivity contribution in [3.05, 3.63) is 23.8 Å². The zero-order chi connectivity index (χ0) is 14.7. The van der Waals surface area contributed by atoms with Crippen LogP contribution in [0.4, 0.5) is 0 Å². The normalized spacial score (nSPS) is 21.8. The van der Waals surface area contributed by atoms with Crippen molar-refractivity contribution < 1.29 is 9.84 Å². The van der Waals surface area contributed by atoms with Gasteiger partial charge in [0.2, 0.25) is 0 Å². The summed E-state index contributed by atoms with van der Waals surface area (Å²) >= 11 is 0. The molecule has 1 atom stereocenters. The molecule has 0 radical (unpaired) electrons. The van der Waals surface area contributed by atoms with Crippen LogP contribution in [-0.2, 0) is 0 Å². The highest BCUT2D eigenvalue weighted by Gasteiger charge is 2.33. The maximum atomic E-state index is 9.92. The van der Waals surface area contributed by atoms with E-state index >= 15 is 0 Å². The molecule has 0 spiro atoms. The van der Waals surface area contributed by atoms with Crippen molar-refractivity contribution in [2.45, 2.75) is 32.2 Å². The number of nitrogens with one attached hydrogen (secondary N) is 1. The fraction of sp³-hybridized carbons (Fsp3) is 0.647. The van der Waals surface area contributed by atoms with Crippen molar-refractivity contribution >= 4 is 0 Å². The Labute approximate surface area is 127 Å². The summed E-state index contributed by atoms with van der Waals surface area (Å²) < 4.78 is 5.57. The predicted molar refractivity (Wildman–Crippen MR) is 83.8 cm³/mol. The van der Waals surface area contributed by atoms with Crippen LogP contribution < -0.4 is 10.1 Å². The highest BCUT2D eigenvalue weighted by atomic mass is 16.5. The van der Waals surface area contributed by atoms with Crippen molar-refractivity contribution in [3.8, 4) is 11.5 Å². The van der Waals surface area contributed by atoms with Gasteiger partial charge in [0.1, 0.15) is 0 Å². The van der Waals surface area contributed by atoms with Gasteiger partial charge in [-0.1, -0.05) is 12.5 Å². The van der Waals surface area contributed by atoms with Crippen LogP contribution in [-0.4, -0.2) is 42.8 Å². The molecule has 2 fully saturated rings. The smallest absolute Gasteiger partial charge is 0.161 e. The molecule has 1 aromatic rings. The van der Waals surface area contributed by atoms with E-state index in [0.29, 0.717) is 18.4 Å². The Morgan fingerprint density at radius 3 is 2.71 bits per heavy atom. The zero-order valence-corrected chi connectivity index (χ0v) is 12.8. The van der Waals surface area contributed by atoms with Gasteiger partial charge in [-0.25, -0.2) is 0 Å². The number of piperazine rings is 1. The van der Waals surface area contributed by atoms with Gasteiger partial charge in [0.05, 0.1) is 6.61 Å². The molecule has 1 saturated heterocycles. The Hall–Kier alpha value is -1.26. The van der Waals surface area contributed by atoms with Gasteiger partial charge in [-0.05, 0) is 43.4 Å². The van der Waals surface area contributed by atoms with Crippen molar-refractivity contribution in [1.29, 1.82) is 0 Å². The molecule has 1 heterocycles. The maximum Gasteiger partial charge on any atom is 0.161 e. The number of phenols is 1. The Bertz CT molecular complexity index is 468. The van der Waals surface area contributed by atoms with E-state index in [9.17, 15) is 5.11 Å². The molecule has 4 nitrogen and oxygen atoms in total. The van der Waals surface area contributed by atoms with E-state index in [1.165, 1.54) is 24.8 Å². The summed E-state index contributed by atoms with van der Waals surface area (Å²) in [4.78, 5) is 2.60. The number of benzene rings is 1. The third-order valence-corrected chi connectivity index (χ3v) is 4.77. The maximum absolute atomic E-state index is 9.92. The second kappa shape index (κ2) is 6.67. The zero-order valence-electron chi connectivity index (χ0n) is 12.8. The Morgan fingerprint density at radius 2 is 2.10 bits per heavy atom. The SMILES string of the molecule is CCOc1cc([C@@H](C2CCC2)N2CCNCC2)ccc1O. The molecule has 1 aromatic carbocycles. The summed E-state index contributed by atoms with van der Waals surface area (Å²) in [5.41, 5.74) is 1.29. The molecule has 0 bridgehead atoms. The van der Waals surface area contributed by atoms with Crippen LogP contribution in [0.1, 0.15) is 37.8 Å². The second-order valence-corrected chi connectivity index (χ2v) is 6.08. The van der Waals surface area contributed by atoms with E-state index in [1.807, 2.05) is 13.0 Å². The quantitative estimate of drug-likeness (QED) is 0.875. The number of hydrogen-bond donors (Lipinski definition) is 2. The van der Waals surface area contributed by atoms with Crippen LogP contribution in [0.3, 0.4) is 0 Å². The van der Waals surface area contributed by atoms with E-state index in [2.05, 4.69) is 16.3 Å². The van der Waals surface area contributed by atoms with Gasteiger partial charge >= 0.3 is 0 Å². The number of phenolic OH excluding ortho intramolecular Hbond substituents is 1. The average molecular weight is 290 g/mol. The first kappa shape index (κ1) is 14.7. The second-order valence-electron chi connectivity index (χ2n) is 6.08. The summed E-state index contributed by atoms with van der Waals surface area (Å²) in [6.07, 6.45) is 3.99. The summed E-state index contributed by atoms with van der Waals surface area (Å²) in [6, 6.07) is 6.38. The largest absolute Gasteiger partial charge is 0.504 e. The fourth-order valence-corrected chi connectivity index (χ4v) is 3.48. The third-order valence-electron chi connectivity index (χ3n) is 4.77. The van der Waals surface area contributed by atoms with Crippen LogP contribution in [0, 0.1) is 5.92 Å². The first-order chi connectivity index (χ1) is 10.3. The van der Waals surface area contributed by atoms with Gasteiger partial charge in [-0.15, -0.1) is 0 Å². The first-order valence-electron chi connectivity index (χ1n) is 8.20. The average Bonchev–Trinajstić information content (AvgIpc) is 2.46. The molecular formula is C17H26N2O2. The van der Waals surface area contributed by atoms with E-state index in [1.54, 1.807) is 6.07 Å². The fourth-order valence-electron chi connectivity index (χ4n) is 3.48. The van der Waals surface area contributed by atoms with Crippen LogP contribution in [0.5, 0.6) is 11.5 Å². The Morgan fingerprint density at radius 1 is 1.33 bits per heavy atom. The lowest BCUT2D eigenvalue weighted by Crippen LogP contribution is -2.47. The molecule has 0 amide bonds. The van der Waals surface area contributed by atoms with Gasteiger partial charge < -0.3 is 15.2 Å². The molecule has 1 aliphatic heterocycles. The van der Waals surface area contributed by atoms with Gasteiger partial charge in [-0.2, -0.15) is 0 Å². The van der Waals surface area contributed by atoms with Crippen molar-refractivity contribution in [2.75, 3.05) is 32.8 Å². The van der Waals surface area contributed by atoms with Crippen LogP contribution in [0.2, 0.25) is 0 Å². The summed E-state index contributed by atoms with van der Waals surface area (Å²) in [6.45, 7) is 6.88. The lowest BCUT2D eigenvalue weighted by molar-refractivity contribution is 0.0834. The molecule has 2 N–H and O–H groups in total. The molecule has 0 aromatic heterocycles. The predicted octanol–water partition coefficient (Wildman–Crippen LogP) is 2.54. The molecule has 1 saturated carbocycles. The minimum absolute atomic E-state index is 0.244. The third kappa shape index (κ3) is 3.16. The van der Waals surface area contributed by atoms with E-state index in [-0.39, 0.29) is 5.75 Å². The van der Waals surface area contributed by atoms with Gasteiger partial charge in [0.25, 0.3) is 0 Å². The minimum atomic E-state index is 0.244. The molecule has 116 valence electrons. The Kier molecular flexibility index (Phi) is 4.66. The molecule has 3 rings (SSSR count). The van der Waals surface area contributed by atoms with Crippen molar-refractivity contribution in [3.63, 3.8) is 0 Å². The molecule has 1 aliphatic carbocycles. The summed E-state index contributed by atoms with van der Waals surface area (Å²) in [7, 11) is 0. The molecule has 4 heteroatoms. The number of hydrogen-bond acceptors (Lipinski definition) is 4. The Balaban J connectivity index is 1.86. The van der Waals surface area contributed by atoms with E-state index in [0.717, 1.165) is 32.1 Å². The number of rotatable bonds is 5. The molecular weight excluding hydrogens is 264 g/mol. The van der Waals surface area contributed by atoms with Gasteiger partial charge in [0.15, 0.2) is 11.5 Å². The van der Waals surface area contributed by atoms with Crippen LogP contribution in [0.15, 0.2) is 18.2 Å². The van der Waals surface area contributed by atoms with Crippen molar-refractivity contribution in [1.82, 2.24) is 10.2 Å². The molecule has 21 heavy (non-hydrogen) atoms. The number of aromatic hydroxyl groups is 1. The van der Waals surface area contributed by atoms with Crippen molar-refractivity contribution in [2.24, 2.45) is 5.92 Å². The number of ether oxygens (including phenoxy) is 1. The summed E-state index contributed by atoms with van der Waals surface area (Å²) in [5, 5.41) is 13.3. The monoisotopic (exact) mass is 290 g/mol. The van der Waals surface area contributed by atoms with Crippen LogP contribution >= 0.6 is 0 Å². The van der Waals surface area contributed by atoms with Crippen LogP contribution in [0.25, 0.3) is 0 Å². The molecule has 0 unspecified atom stereocenters. The van der Waals surface area contributed by atoms with E-state index < -0.39 is 0 Å². The number of nitrogens with zero attached hydrogens (tertiary/aromatic N) is 1. The highest BCUT2D eigenvalue weighted by Crippen LogP contribution is 2.43. The lowest BCUT2D eigenvalue weighted by atomic mass is 9.76. The van der Waals surface area contributed by atoms with Gasteiger partial charge in [-0.3, -0.25) is 4.90 Å². The first-order valence-corrected chi connectivity index (χ1v) is 8.20. The lowest BCUT2D eigenvalue weighted by Gasteiger charge is -2.43. The van der Waals surface area contributed by atoms with Gasteiger partial charge in [0, 0.05) is 32.2 Å². The standard InChI is InChI=1S/C17H26N2O2/c1-2-21-16-12-14(6-7-15(16)20)17(13-4-3-5-13)19-10-8-18-9-11-19/h6-7,12-13,17-18,20H,2-5,8-11H2,1H3/t17-/m1/s1. The molecule has 2 aliphatic rings. The highest BCUT2D eigenvalue weighted by molar-refractivity contribution is 5.43. The summed E-state index contributed by atoms with van der Waals surface area (Å²) in [5.74, 6) is 1.62.